The van der Waals surface area contributed by atoms with E-state index in [9.17, 15) is 9.59 Å². The van der Waals surface area contributed by atoms with Crippen LogP contribution in [-0.4, -0.2) is 31.4 Å². The van der Waals surface area contributed by atoms with Crippen molar-refractivity contribution in [3.8, 4) is 0 Å². The number of carbonyl (C=O) groups is 1. The Bertz CT molecular complexity index is 250. The lowest BCUT2D eigenvalue weighted by atomic mass is 10.2. The minimum atomic E-state index is -0.343. The SMILES string of the molecule is CC[C@H](C)OC(=O)NCCCCCCN=C=O. The molecule has 0 unspecified atom stereocenters. The van der Waals surface area contributed by atoms with Crippen molar-refractivity contribution in [3.05, 3.63) is 0 Å². The van der Waals surface area contributed by atoms with Crippen LogP contribution in [0.5, 0.6) is 0 Å². The lowest BCUT2D eigenvalue weighted by Crippen LogP contribution is -2.28. The molecule has 1 N–H and O–H groups in total. The van der Waals surface area contributed by atoms with Crippen molar-refractivity contribution in [1.29, 1.82) is 0 Å². The minimum absolute atomic E-state index is 0.0313. The molecular weight excluding hydrogens is 220 g/mol. The molecule has 17 heavy (non-hydrogen) atoms. The van der Waals surface area contributed by atoms with Gasteiger partial charge in [0.25, 0.3) is 0 Å². The Morgan fingerprint density at radius 1 is 1.35 bits per heavy atom. The highest BCUT2D eigenvalue weighted by atomic mass is 16.6. The number of nitrogens with zero attached hydrogens (tertiary/aromatic N) is 1. The molecular formula is C12H22N2O3. The molecule has 0 saturated heterocycles. The topological polar surface area (TPSA) is 67.8 Å². The molecule has 0 spiro atoms. The summed E-state index contributed by atoms with van der Waals surface area (Å²) in [6.45, 7) is 5.02. The predicted octanol–water partition coefficient (Wildman–Crippen LogP) is 2.41. The molecule has 0 radical (unpaired) electrons. The fourth-order valence-electron chi connectivity index (χ4n) is 1.21. The maximum absolute atomic E-state index is 11.2. The monoisotopic (exact) mass is 242 g/mol. The van der Waals surface area contributed by atoms with Crippen LogP contribution in [0.4, 0.5) is 4.79 Å². The van der Waals surface area contributed by atoms with Gasteiger partial charge in [0.2, 0.25) is 6.08 Å². The van der Waals surface area contributed by atoms with Crippen molar-refractivity contribution in [3.63, 3.8) is 0 Å². The third kappa shape index (κ3) is 10.9. The molecule has 0 saturated carbocycles. The maximum Gasteiger partial charge on any atom is 0.407 e. The lowest BCUT2D eigenvalue weighted by molar-refractivity contribution is 0.105. The van der Waals surface area contributed by atoms with Gasteiger partial charge in [-0.2, -0.15) is 0 Å². The Hall–Kier alpha value is -1.35. The second kappa shape index (κ2) is 11.1. The first-order chi connectivity index (χ1) is 8.20. The van der Waals surface area contributed by atoms with E-state index in [1.165, 1.54) is 6.08 Å². The number of rotatable bonds is 9. The molecule has 0 aromatic heterocycles. The van der Waals surface area contributed by atoms with Gasteiger partial charge in [-0.05, 0) is 26.2 Å². The van der Waals surface area contributed by atoms with Crippen molar-refractivity contribution < 1.29 is 14.3 Å². The van der Waals surface area contributed by atoms with Crippen LogP contribution in [0, 0.1) is 0 Å². The Balaban J connectivity index is 3.27. The van der Waals surface area contributed by atoms with Crippen LogP contribution >= 0.6 is 0 Å². The van der Waals surface area contributed by atoms with Crippen LogP contribution in [0.25, 0.3) is 0 Å². The Morgan fingerprint density at radius 3 is 2.71 bits per heavy atom. The summed E-state index contributed by atoms with van der Waals surface area (Å²) in [7, 11) is 0. The number of ether oxygens (including phenoxy) is 1. The summed E-state index contributed by atoms with van der Waals surface area (Å²) in [5.41, 5.74) is 0. The Morgan fingerprint density at radius 2 is 2.06 bits per heavy atom. The van der Waals surface area contributed by atoms with Gasteiger partial charge >= 0.3 is 6.09 Å². The molecule has 0 aliphatic rings. The van der Waals surface area contributed by atoms with E-state index in [4.69, 9.17) is 4.74 Å². The smallest absolute Gasteiger partial charge is 0.407 e. The second-order valence-corrected chi connectivity index (χ2v) is 3.94. The van der Waals surface area contributed by atoms with E-state index >= 15 is 0 Å². The van der Waals surface area contributed by atoms with E-state index < -0.39 is 0 Å². The second-order valence-electron chi connectivity index (χ2n) is 3.94. The molecule has 0 aliphatic heterocycles. The first kappa shape index (κ1) is 15.7. The molecule has 0 aromatic carbocycles. The van der Waals surface area contributed by atoms with Crippen LogP contribution in [0.2, 0.25) is 0 Å². The fourth-order valence-corrected chi connectivity index (χ4v) is 1.21. The molecule has 5 heteroatoms. The van der Waals surface area contributed by atoms with Gasteiger partial charge in [0.1, 0.15) is 6.10 Å². The van der Waals surface area contributed by atoms with Crippen molar-refractivity contribution in [1.82, 2.24) is 5.32 Å². The number of hydrogen-bond acceptors (Lipinski definition) is 4. The van der Waals surface area contributed by atoms with Gasteiger partial charge < -0.3 is 10.1 Å². The largest absolute Gasteiger partial charge is 0.447 e. The number of alkyl carbamates (subject to hydrolysis) is 1. The molecule has 0 fully saturated rings. The van der Waals surface area contributed by atoms with E-state index in [1.807, 2.05) is 13.8 Å². The minimum Gasteiger partial charge on any atom is -0.447 e. The molecule has 1 amide bonds. The van der Waals surface area contributed by atoms with Crippen molar-refractivity contribution >= 4 is 12.2 Å². The number of nitrogens with one attached hydrogen (secondary N) is 1. The van der Waals surface area contributed by atoms with E-state index in [0.717, 1.165) is 32.1 Å². The highest BCUT2D eigenvalue weighted by Gasteiger charge is 2.05. The summed E-state index contributed by atoms with van der Waals surface area (Å²) >= 11 is 0. The predicted molar refractivity (Wildman–Crippen MR) is 65.7 cm³/mol. The number of hydrogen-bond donors (Lipinski definition) is 1. The van der Waals surface area contributed by atoms with Gasteiger partial charge in [0.15, 0.2) is 0 Å². The number of aliphatic imine (C=N–C) groups is 1. The Labute approximate surface area is 103 Å². The zero-order chi connectivity index (χ0) is 12.9. The van der Waals surface area contributed by atoms with Crippen molar-refractivity contribution in [2.24, 2.45) is 4.99 Å². The standard InChI is InChI=1S/C12H22N2O3/c1-3-11(2)17-12(16)14-9-7-5-4-6-8-13-10-15/h11H,3-9H2,1-2H3,(H,14,16)/t11-/m0/s1. The summed E-state index contributed by atoms with van der Waals surface area (Å²) in [5.74, 6) is 0. The van der Waals surface area contributed by atoms with Gasteiger partial charge in [0, 0.05) is 6.54 Å². The number of carbonyl (C=O) groups excluding carboxylic acids is 2. The summed E-state index contributed by atoms with van der Waals surface area (Å²) in [6, 6.07) is 0. The molecule has 0 rings (SSSR count). The molecule has 0 aromatic rings. The van der Waals surface area contributed by atoms with Crippen LogP contribution in [0.1, 0.15) is 46.0 Å². The molecule has 0 aliphatic carbocycles. The van der Waals surface area contributed by atoms with Crippen molar-refractivity contribution in [2.75, 3.05) is 13.1 Å². The first-order valence-electron chi connectivity index (χ1n) is 6.18. The highest BCUT2D eigenvalue weighted by molar-refractivity contribution is 5.67. The zero-order valence-electron chi connectivity index (χ0n) is 10.7. The average molecular weight is 242 g/mol. The molecule has 0 bridgehead atoms. The summed E-state index contributed by atoms with van der Waals surface area (Å²) in [4.78, 5) is 24.4. The van der Waals surface area contributed by atoms with Crippen LogP contribution in [0.15, 0.2) is 4.99 Å². The maximum atomic E-state index is 11.2. The molecule has 98 valence electrons. The number of unbranched alkanes of at least 4 members (excludes halogenated alkanes) is 3. The number of amides is 1. The number of isocyanates is 1. The van der Waals surface area contributed by atoms with E-state index in [1.54, 1.807) is 0 Å². The van der Waals surface area contributed by atoms with E-state index in [-0.39, 0.29) is 12.2 Å². The molecule has 1 atom stereocenters. The van der Waals surface area contributed by atoms with Gasteiger partial charge in [0.05, 0.1) is 6.54 Å². The van der Waals surface area contributed by atoms with Crippen LogP contribution in [-0.2, 0) is 9.53 Å². The normalized spacial score (nSPS) is 11.4. The molecule has 5 nitrogen and oxygen atoms in total. The van der Waals surface area contributed by atoms with Gasteiger partial charge in [-0.25, -0.2) is 14.6 Å². The fraction of sp³-hybridized carbons (Fsp3) is 0.833. The highest BCUT2D eigenvalue weighted by Crippen LogP contribution is 2.00. The van der Waals surface area contributed by atoms with Gasteiger partial charge in [-0.1, -0.05) is 19.8 Å². The molecule has 0 heterocycles. The summed E-state index contributed by atoms with van der Waals surface area (Å²) < 4.78 is 5.05. The van der Waals surface area contributed by atoms with Gasteiger partial charge in [-0.15, -0.1) is 0 Å². The summed E-state index contributed by atoms with van der Waals surface area (Å²) in [5, 5.41) is 2.70. The zero-order valence-corrected chi connectivity index (χ0v) is 10.7. The van der Waals surface area contributed by atoms with Crippen molar-refractivity contribution in [2.45, 2.75) is 52.1 Å². The Kier molecular flexibility index (Phi) is 10.3. The quantitative estimate of drug-likeness (QED) is 0.383. The first-order valence-corrected chi connectivity index (χ1v) is 6.18. The third-order valence-corrected chi connectivity index (χ3v) is 2.41. The summed E-state index contributed by atoms with van der Waals surface area (Å²) in [6.07, 6.45) is 5.79. The van der Waals surface area contributed by atoms with Gasteiger partial charge in [-0.3, -0.25) is 0 Å². The lowest BCUT2D eigenvalue weighted by Gasteiger charge is -2.11. The third-order valence-electron chi connectivity index (χ3n) is 2.41. The van der Waals surface area contributed by atoms with Crippen LogP contribution < -0.4 is 5.32 Å². The van der Waals surface area contributed by atoms with Crippen LogP contribution in [0.3, 0.4) is 0 Å². The van der Waals surface area contributed by atoms with E-state index in [2.05, 4.69) is 10.3 Å². The van der Waals surface area contributed by atoms with E-state index in [0.29, 0.717) is 13.1 Å². The average Bonchev–Trinajstić information content (AvgIpc) is 2.32.